The molecule has 2 rings (SSSR count). The topological polar surface area (TPSA) is 64.4 Å². The monoisotopic (exact) mass is 282 g/mol. The average molecular weight is 282 g/mol. The standard InChI is InChI=1S/C16H30N2O2/c1-16(2,3)12-6-4-5-7-13(12)18-15(19)14-9-8-11(10-17)20-14/h11-14H,4-10,17H2,1-3H3,(H,18,19). The number of nitrogens with one attached hydrogen (secondary N) is 1. The fraction of sp³-hybridized carbons (Fsp3) is 0.938. The van der Waals surface area contributed by atoms with Crippen LogP contribution in [0.15, 0.2) is 0 Å². The van der Waals surface area contributed by atoms with Crippen LogP contribution in [-0.2, 0) is 9.53 Å². The van der Waals surface area contributed by atoms with Crippen molar-refractivity contribution in [3.05, 3.63) is 0 Å². The van der Waals surface area contributed by atoms with Gasteiger partial charge in [0.05, 0.1) is 6.10 Å². The predicted octanol–water partition coefficient (Wildman–Crippen LogP) is 2.21. The third-order valence-electron chi connectivity index (χ3n) is 4.87. The Labute approximate surface area is 122 Å². The third-order valence-corrected chi connectivity index (χ3v) is 4.87. The first-order valence-corrected chi connectivity index (χ1v) is 8.07. The summed E-state index contributed by atoms with van der Waals surface area (Å²) in [5, 5.41) is 3.26. The summed E-state index contributed by atoms with van der Waals surface area (Å²) in [5.41, 5.74) is 5.85. The maximum Gasteiger partial charge on any atom is 0.249 e. The lowest BCUT2D eigenvalue weighted by atomic mass is 9.69. The summed E-state index contributed by atoms with van der Waals surface area (Å²) in [5.74, 6) is 0.633. The fourth-order valence-electron chi connectivity index (χ4n) is 3.69. The molecule has 2 aliphatic rings. The van der Waals surface area contributed by atoms with Crippen molar-refractivity contribution in [2.24, 2.45) is 17.1 Å². The highest BCUT2D eigenvalue weighted by Crippen LogP contribution is 2.38. The molecule has 4 heteroatoms. The van der Waals surface area contributed by atoms with Crippen LogP contribution in [0.1, 0.15) is 59.3 Å². The summed E-state index contributed by atoms with van der Waals surface area (Å²) in [6, 6.07) is 0.303. The number of ether oxygens (including phenoxy) is 1. The van der Waals surface area contributed by atoms with Gasteiger partial charge in [-0.25, -0.2) is 0 Å². The number of carbonyl (C=O) groups is 1. The largest absolute Gasteiger partial charge is 0.364 e. The van der Waals surface area contributed by atoms with E-state index in [0.717, 1.165) is 19.3 Å². The van der Waals surface area contributed by atoms with Crippen LogP contribution in [0.25, 0.3) is 0 Å². The van der Waals surface area contributed by atoms with Crippen LogP contribution in [0.4, 0.5) is 0 Å². The van der Waals surface area contributed by atoms with Crippen molar-refractivity contribution in [3.8, 4) is 0 Å². The first kappa shape index (κ1) is 15.8. The summed E-state index contributed by atoms with van der Waals surface area (Å²) in [7, 11) is 0. The summed E-state index contributed by atoms with van der Waals surface area (Å²) >= 11 is 0. The number of hydrogen-bond acceptors (Lipinski definition) is 3. The molecule has 1 saturated heterocycles. The van der Waals surface area contributed by atoms with Gasteiger partial charge in [-0.05, 0) is 37.0 Å². The second-order valence-electron chi connectivity index (χ2n) is 7.43. The molecule has 116 valence electrons. The van der Waals surface area contributed by atoms with Crippen molar-refractivity contribution in [1.29, 1.82) is 0 Å². The van der Waals surface area contributed by atoms with E-state index < -0.39 is 0 Å². The molecule has 4 unspecified atom stereocenters. The quantitative estimate of drug-likeness (QED) is 0.834. The van der Waals surface area contributed by atoms with Gasteiger partial charge in [-0.1, -0.05) is 33.6 Å². The lowest BCUT2D eigenvalue weighted by Crippen LogP contribution is -2.49. The highest BCUT2D eigenvalue weighted by atomic mass is 16.5. The van der Waals surface area contributed by atoms with E-state index in [9.17, 15) is 4.79 Å². The molecule has 4 nitrogen and oxygen atoms in total. The zero-order valence-corrected chi connectivity index (χ0v) is 13.2. The summed E-state index contributed by atoms with van der Waals surface area (Å²) in [6.07, 6.45) is 6.30. The maximum absolute atomic E-state index is 12.4. The lowest BCUT2D eigenvalue weighted by molar-refractivity contribution is -0.133. The van der Waals surface area contributed by atoms with Gasteiger partial charge < -0.3 is 15.8 Å². The van der Waals surface area contributed by atoms with Crippen LogP contribution in [0.3, 0.4) is 0 Å². The van der Waals surface area contributed by atoms with Gasteiger partial charge in [-0.15, -0.1) is 0 Å². The van der Waals surface area contributed by atoms with E-state index in [1.807, 2.05) is 0 Å². The Balaban J connectivity index is 1.92. The molecule has 1 heterocycles. The van der Waals surface area contributed by atoms with Crippen LogP contribution < -0.4 is 11.1 Å². The number of carbonyl (C=O) groups excluding carboxylic acids is 1. The molecule has 0 bridgehead atoms. The smallest absolute Gasteiger partial charge is 0.249 e. The zero-order valence-electron chi connectivity index (χ0n) is 13.2. The molecule has 3 N–H and O–H groups in total. The average Bonchev–Trinajstić information content (AvgIpc) is 2.87. The second kappa shape index (κ2) is 6.44. The SMILES string of the molecule is CC(C)(C)C1CCCCC1NC(=O)C1CCC(CN)O1. The van der Waals surface area contributed by atoms with Crippen LogP contribution in [0.5, 0.6) is 0 Å². The van der Waals surface area contributed by atoms with Crippen LogP contribution in [0, 0.1) is 11.3 Å². The van der Waals surface area contributed by atoms with E-state index >= 15 is 0 Å². The Bertz CT molecular complexity index is 338. The van der Waals surface area contributed by atoms with Crippen molar-refractivity contribution < 1.29 is 9.53 Å². The molecule has 1 amide bonds. The molecule has 0 aromatic rings. The maximum atomic E-state index is 12.4. The van der Waals surface area contributed by atoms with Crippen molar-refractivity contribution in [1.82, 2.24) is 5.32 Å². The Hall–Kier alpha value is -0.610. The molecule has 20 heavy (non-hydrogen) atoms. The molecule has 4 atom stereocenters. The van der Waals surface area contributed by atoms with Crippen molar-refractivity contribution >= 4 is 5.91 Å². The van der Waals surface area contributed by atoms with E-state index in [4.69, 9.17) is 10.5 Å². The van der Waals surface area contributed by atoms with E-state index in [-0.39, 0.29) is 23.5 Å². The Morgan fingerprint density at radius 3 is 2.50 bits per heavy atom. The molecular formula is C16H30N2O2. The van der Waals surface area contributed by atoms with Gasteiger partial charge in [0.1, 0.15) is 6.10 Å². The molecule has 0 aromatic heterocycles. The van der Waals surface area contributed by atoms with Crippen LogP contribution in [-0.4, -0.2) is 30.7 Å². The van der Waals surface area contributed by atoms with Crippen LogP contribution in [0.2, 0.25) is 0 Å². The fourth-order valence-corrected chi connectivity index (χ4v) is 3.69. The molecule has 1 aliphatic carbocycles. The third kappa shape index (κ3) is 3.73. The predicted molar refractivity (Wildman–Crippen MR) is 80.3 cm³/mol. The Morgan fingerprint density at radius 2 is 1.90 bits per heavy atom. The van der Waals surface area contributed by atoms with Gasteiger partial charge in [0.25, 0.3) is 0 Å². The van der Waals surface area contributed by atoms with Gasteiger partial charge in [0, 0.05) is 12.6 Å². The van der Waals surface area contributed by atoms with Crippen molar-refractivity contribution in [2.75, 3.05) is 6.54 Å². The number of amides is 1. The van der Waals surface area contributed by atoms with E-state index in [2.05, 4.69) is 26.1 Å². The van der Waals surface area contributed by atoms with E-state index in [1.54, 1.807) is 0 Å². The molecule has 0 radical (unpaired) electrons. The summed E-state index contributed by atoms with van der Waals surface area (Å²) in [6.45, 7) is 7.34. The van der Waals surface area contributed by atoms with Crippen molar-refractivity contribution in [3.63, 3.8) is 0 Å². The van der Waals surface area contributed by atoms with E-state index in [0.29, 0.717) is 18.5 Å². The number of rotatable bonds is 3. The first-order valence-electron chi connectivity index (χ1n) is 8.07. The normalized spacial score (nSPS) is 35.0. The lowest BCUT2D eigenvalue weighted by Gasteiger charge is -2.41. The Morgan fingerprint density at radius 1 is 1.20 bits per heavy atom. The zero-order chi connectivity index (χ0) is 14.8. The van der Waals surface area contributed by atoms with Crippen molar-refractivity contribution in [2.45, 2.75) is 77.5 Å². The molecule has 2 fully saturated rings. The summed E-state index contributed by atoms with van der Waals surface area (Å²) in [4.78, 5) is 12.4. The van der Waals surface area contributed by atoms with Gasteiger partial charge in [-0.2, -0.15) is 0 Å². The van der Waals surface area contributed by atoms with Gasteiger partial charge >= 0.3 is 0 Å². The first-order chi connectivity index (χ1) is 9.41. The van der Waals surface area contributed by atoms with Crippen LogP contribution >= 0.6 is 0 Å². The number of nitrogens with two attached hydrogens (primary N) is 1. The number of hydrogen-bond donors (Lipinski definition) is 2. The molecular weight excluding hydrogens is 252 g/mol. The minimum Gasteiger partial charge on any atom is -0.364 e. The highest BCUT2D eigenvalue weighted by Gasteiger charge is 2.37. The summed E-state index contributed by atoms with van der Waals surface area (Å²) < 4.78 is 5.70. The minimum atomic E-state index is -0.286. The molecule has 0 aromatic carbocycles. The molecule has 1 aliphatic heterocycles. The van der Waals surface area contributed by atoms with Gasteiger partial charge in [0.2, 0.25) is 5.91 Å². The van der Waals surface area contributed by atoms with E-state index in [1.165, 1.54) is 19.3 Å². The molecule has 0 spiro atoms. The molecule has 1 saturated carbocycles. The van der Waals surface area contributed by atoms with Gasteiger partial charge in [0.15, 0.2) is 0 Å². The minimum absolute atomic E-state index is 0.0653. The van der Waals surface area contributed by atoms with Gasteiger partial charge in [-0.3, -0.25) is 4.79 Å². The Kier molecular flexibility index (Phi) is 5.08. The second-order valence-corrected chi connectivity index (χ2v) is 7.43. The highest BCUT2D eigenvalue weighted by molar-refractivity contribution is 5.81.